The van der Waals surface area contributed by atoms with Crippen molar-refractivity contribution in [1.29, 1.82) is 0 Å². The second-order valence-corrected chi connectivity index (χ2v) is 6.43. The molecule has 1 saturated heterocycles. The number of piperazine rings is 1. The Labute approximate surface area is 130 Å². The molecule has 0 saturated carbocycles. The topological polar surface area (TPSA) is 75.2 Å². The van der Waals surface area contributed by atoms with Crippen molar-refractivity contribution >= 4 is 50.8 Å². The predicted octanol–water partition coefficient (Wildman–Crippen LogP) is 1.89. The van der Waals surface area contributed by atoms with Crippen LogP contribution in [-0.4, -0.2) is 34.4 Å². The lowest BCUT2D eigenvalue weighted by atomic mass is 10.1. The predicted molar refractivity (Wildman–Crippen MR) is 81.7 cm³/mol. The van der Waals surface area contributed by atoms with Gasteiger partial charge in [0.25, 0.3) is 0 Å². The lowest BCUT2D eigenvalue weighted by Crippen LogP contribution is -2.58. The van der Waals surface area contributed by atoms with Gasteiger partial charge < -0.3 is 4.90 Å². The number of hydrogen-bond acceptors (Lipinski definition) is 6. The third kappa shape index (κ3) is 2.47. The molecule has 1 fully saturated rings. The Morgan fingerprint density at radius 3 is 2.95 bits per heavy atom. The highest BCUT2D eigenvalue weighted by atomic mass is 35.5. The average molecular weight is 325 g/mol. The van der Waals surface area contributed by atoms with Crippen LogP contribution in [0, 0.1) is 6.92 Å². The molecular weight excluding hydrogens is 312 g/mol. The van der Waals surface area contributed by atoms with E-state index >= 15 is 0 Å². The van der Waals surface area contributed by atoms with Crippen LogP contribution in [0.25, 0.3) is 10.2 Å². The maximum atomic E-state index is 12.0. The summed E-state index contributed by atoms with van der Waals surface area (Å²) in [6, 6.07) is 1.52. The summed E-state index contributed by atoms with van der Waals surface area (Å²) in [6.07, 6.45) is 0.575. The SMILES string of the molecule is CCC1C(=O)NC(=O)CN1c1nc(Cl)nc2sc(C)cc12. The average Bonchev–Trinajstić information content (AvgIpc) is 2.77. The van der Waals surface area contributed by atoms with Gasteiger partial charge in [-0.05, 0) is 31.0 Å². The van der Waals surface area contributed by atoms with E-state index in [4.69, 9.17) is 11.6 Å². The summed E-state index contributed by atoms with van der Waals surface area (Å²) in [6.45, 7) is 3.95. The number of imide groups is 1. The Balaban J connectivity index is 2.17. The number of aromatic nitrogens is 2. The lowest BCUT2D eigenvalue weighted by Gasteiger charge is -2.34. The number of aryl methyl sites for hydroxylation is 1. The summed E-state index contributed by atoms with van der Waals surface area (Å²) in [5.41, 5.74) is 0. The number of nitrogens with one attached hydrogen (secondary N) is 1. The highest BCUT2D eigenvalue weighted by Crippen LogP contribution is 2.33. The summed E-state index contributed by atoms with van der Waals surface area (Å²) in [5, 5.41) is 3.29. The first-order valence-electron chi connectivity index (χ1n) is 6.53. The lowest BCUT2D eigenvalue weighted by molar-refractivity contribution is -0.132. The molecule has 2 aromatic heterocycles. The summed E-state index contributed by atoms with van der Waals surface area (Å²) >= 11 is 7.50. The third-order valence-corrected chi connectivity index (χ3v) is 4.50. The number of fused-ring (bicyclic) bond motifs is 1. The van der Waals surface area contributed by atoms with Crippen LogP contribution in [-0.2, 0) is 9.59 Å². The largest absolute Gasteiger partial charge is 0.335 e. The molecule has 21 heavy (non-hydrogen) atoms. The second kappa shape index (κ2) is 5.23. The summed E-state index contributed by atoms with van der Waals surface area (Å²) in [7, 11) is 0. The first-order chi connectivity index (χ1) is 9.99. The quantitative estimate of drug-likeness (QED) is 0.674. The van der Waals surface area contributed by atoms with Crippen molar-refractivity contribution in [1.82, 2.24) is 15.3 Å². The second-order valence-electron chi connectivity index (χ2n) is 4.86. The molecule has 110 valence electrons. The molecule has 0 bridgehead atoms. The number of carbonyl (C=O) groups is 2. The van der Waals surface area contributed by atoms with Gasteiger partial charge >= 0.3 is 0 Å². The molecule has 2 amide bonds. The van der Waals surface area contributed by atoms with Gasteiger partial charge in [0.05, 0.1) is 11.9 Å². The number of hydrogen-bond donors (Lipinski definition) is 1. The molecule has 1 unspecified atom stereocenters. The van der Waals surface area contributed by atoms with Crippen LogP contribution in [0.1, 0.15) is 18.2 Å². The van der Waals surface area contributed by atoms with E-state index in [1.54, 1.807) is 4.90 Å². The van der Waals surface area contributed by atoms with E-state index in [1.807, 2.05) is 19.9 Å². The van der Waals surface area contributed by atoms with E-state index in [1.165, 1.54) is 11.3 Å². The molecule has 0 aromatic carbocycles. The van der Waals surface area contributed by atoms with Gasteiger partial charge in [0, 0.05) is 4.88 Å². The van der Waals surface area contributed by atoms with Crippen LogP contribution in [0.2, 0.25) is 5.28 Å². The van der Waals surface area contributed by atoms with E-state index in [2.05, 4.69) is 15.3 Å². The molecule has 1 N–H and O–H groups in total. The molecule has 0 spiro atoms. The maximum Gasteiger partial charge on any atom is 0.249 e. The standard InChI is InChI=1S/C13H13ClN4O2S/c1-3-8-11(20)15-9(19)5-18(8)10-7-4-6(2)21-12(7)17-13(14)16-10/h4,8H,3,5H2,1-2H3,(H,15,19,20). The van der Waals surface area contributed by atoms with Crippen LogP contribution in [0.4, 0.5) is 5.82 Å². The normalized spacial score (nSPS) is 19.2. The molecule has 1 aliphatic rings. The molecule has 0 aliphatic carbocycles. The molecule has 3 heterocycles. The first kappa shape index (κ1) is 14.2. The van der Waals surface area contributed by atoms with E-state index in [-0.39, 0.29) is 23.6 Å². The van der Waals surface area contributed by atoms with Crippen molar-refractivity contribution in [2.24, 2.45) is 0 Å². The van der Waals surface area contributed by atoms with E-state index in [9.17, 15) is 9.59 Å². The van der Waals surface area contributed by atoms with Gasteiger partial charge in [0.15, 0.2) is 0 Å². The van der Waals surface area contributed by atoms with Crippen molar-refractivity contribution < 1.29 is 9.59 Å². The molecular formula is C13H13ClN4O2S. The van der Waals surface area contributed by atoms with Gasteiger partial charge in [-0.3, -0.25) is 14.9 Å². The zero-order valence-electron chi connectivity index (χ0n) is 11.5. The number of halogens is 1. The van der Waals surface area contributed by atoms with Crippen molar-refractivity contribution in [3.05, 3.63) is 16.2 Å². The minimum Gasteiger partial charge on any atom is -0.335 e. The fraction of sp³-hybridized carbons (Fsp3) is 0.385. The maximum absolute atomic E-state index is 12.0. The minimum absolute atomic E-state index is 0.0849. The number of thiophene rings is 1. The number of carbonyl (C=O) groups excluding carboxylic acids is 2. The van der Waals surface area contributed by atoms with Crippen molar-refractivity contribution in [2.45, 2.75) is 26.3 Å². The van der Waals surface area contributed by atoms with E-state index < -0.39 is 6.04 Å². The Kier molecular flexibility index (Phi) is 3.54. The van der Waals surface area contributed by atoms with E-state index in [0.717, 1.165) is 15.1 Å². The van der Waals surface area contributed by atoms with Crippen LogP contribution in [0.3, 0.4) is 0 Å². The van der Waals surface area contributed by atoms with Crippen LogP contribution < -0.4 is 10.2 Å². The fourth-order valence-corrected chi connectivity index (χ4v) is 3.60. The third-order valence-electron chi connectivity index (χ3n) is 3.38. The zero-order valence-corrected chi connectivity index (χ0v) is 13.1. The minimum atomic E-state index is -0.433. The highest BCUT2D eigenvalue weighted by Gasteiger charge is 2.34. The molecule has 1 atom stereocenters. The zero-order chi connectivity index (χ0) is 15.1. The summed E-state index contributed by atoms with van der Waals surface area (Å²) in [5.74, 6) is -0.0903. The van der Waals surface area contributed by atoms with Crippen molar-refractivity contribution in [3.63, 3.8) is 0 Å². The number of amides is 2. The van der Waals surface area contributed by atoms with Crippen molar-refractivity contribution in [3.8, 4) is 0 Å². The Hall–Kier alpha value is -1.73. The molecule has 1 aliphatic heterocycles. The van der Waals surface area contributed by atoms with Crippen molar-refractivity contribution in [2.75, 3.05) is 11.4 Å². The monoisotopic (exact) mass is 324 g/mol. The highest BCUT2D eigenvalue weighted by molar-refractivity contribution is 7.18. The van der Waals surface area contributed by atoms with Gasteiger partial charge in [-0.1, -0.05) is 6.92 Å². The number of anilines is 1. The summed E-state index contributed by atoms with van der Waals surface area (Å²) in [4.78, 5) is 35.7. The first-order valence-corrected chi connectivity index (χ1v) is 7.73. The molecule has 8 heteroatoms. The fourth-order valence-electron chi connectivity index (χ4n) is 2.52. The van der Waals surface area contributed by atoms with E-state index in [0.29, 0.717) is 12.2 Å². The van der Waals surface area contributed by atoms with Gasteiger partial charge in [-0.25, -0.2) is 4.98 Å². The van der Waals surface area contributed by atoms with Gasteiger partial charge in [0.2, 0.25) is 17.1 Å². The van der Waals surface area contributed by atoms with Gasteiger partial charge in [-0.15, -0.1) is 11.3 Å². The number of nitrogens with zero attached hydrogens (tertiary/aromatic N) is 3. The smallest absolute Gasteiger partial charge is 0.249 e. The molecule has 2 aromatic rings. The molecule has 3 rings (SSSR count). The molecule has 6 nitrogen and oxygen atoms in total. The van der Waals surface area contributed by atoms with Crippen LogP contribution in [0.15, 0.2) is 6.07 Å². The summed E-state index contributed by atoms with van der Waals surface area (Å²) < 4.78 is 0. The van der Waals surface area contributed by atoms with Crippen LogP contribution in [0.5, 0.6) is 0 Å². The van der Waals surface area contributed by atoms with Gasteiger partial charge in [-0.2, -0.15) is 4.98 Å². The Bertz CT molecular complexity index is 745. The Morgan fingerprint density at radius 1 is 1.48 bits per heavy atom. The number of rotatable bonds is 2. The van der Waals surface area contributed by atoms with Gasteiger partial charge in [0.1, 0.15) is 16.7 Å². The van der Waals surface area contributed by atoms with Crippen LogP contribution >= 0.6 is 22.9 Å². The molecule has 0 radical (unpaired) electrons. The Morgan fingerprint density at radius 2 is 2.24 bits per heavy atom.